The lowest BCUT2D eigenvalue weighted by Crippen LogP contribution is -2.07. The first kappa shape index (κ1) is 13.6. The highest BCUT2D eigenvalue weighted by Gasteiger charge is 2.12. The minimum absolute atomic E-state index is 0.0228. The molecular weight excluding hydrogens is 240 g/mol. The molecule has 0 amide bonds. The number of aliphatic hydroxyl groups is 1. The number of hydrogen-bond acceptors (Lipinski definition) is 3. The first-order chi connectivity index (χ1) is 9.19. The van der Waals surface area contributed by atoms with E-state index in [0.29, 0.717) is 6.54 Å². The Balaban J connectivity index is 2.26. The van der Waals surface area contributed by atoms with Gasteiger partial charge in [-0.25, -0.2) is 0 Å². The minimum Gasteiger partial charge on any atom is -0.497 e. The molecule has 1 aromatic heterocycles. The highest BCUT2D eigenvalue weighted by Crippen LogP contribution is 2.17. The van der Waals surface area contributed by atoms with Gasteiger partial charge in [0.25, 0.3) is 0 Å². The van der Waals surface area contributed by atoms with Crippen molar-refractivity contribution in [2.45, 2.75) is 33.4 Å². The van der Waals surface area contributed by atoms with E-state index in [9.17, 15) is 5.11 Å². The Morgan fingerprint density at radius 1 is 1.26 bits per heavy atom. The van der Waals surface area contributed by atoms with Gasteiger partial charge in [-0.3, -0.25) is 4.68 Å². The van der Waals surface area contributed by atoms with E-state index < -0.39 is 0 Å². The standard InChI is InChI=1S/C15H20N2O2/c1-4-14-11(2)15(10-18)17(16-14)9-12-5-7-13(19-3)8-6-12/h5-8,18H,4,9-10H2,1-3H3. The average Bonchev–Trinajstić information content (AvgIpc) is 2.75. The molecule has 0 aliphatic carbocycles. The SMILES string of the molecule is CCc1nn(Cc2ccc(OC)cc2)c(CO)c1C. The number of methoxy groups -OCH3 is 1. The molecule has 0 saturated carbocycles. The molecule has 0 saturated heterocycles. The molecule has 2 rings (SSSR count). The van der Waals surface area contributed by atoms with E-state index in [2.05, 4.69) is 12.0 Å². The largest absolute Gasteiger partial charge is 0.497 e. The van der Waals surface area contributed by atoms with Crippen molar-refractivity contribution in [2.75, 3.05) is 7.11 Å². The zero-order chi connectivity index (χ0) is 13.8. The van der Waals surface area contributed by atoms with Gasteiger partial charge in [-0.15, -0.1) is 0 Å². The Labute approximate surface area is 113 Å². The summed E-state index contributed by atoms with van der Waals surface area (Å²) in [6, 6.07) is 7.90. The molecule has 4 nitrogen and oxygen atoms in total. The van der Waals surface area contributed by atoms with Crippen molar-refractivity contribution in [3.05, 3.63) is 46.8 Å². The highest BCUT2D eigenvalue weighted by molar-refractivity contribution is 5.29. The second kappa shape index (κ2) is 5.89. The quantitative estimate of drug-likeness (QED) is 0.897. The van der Waals surface area contributed by atoms with Gasteiger partial charge in [0.1, 0.15) is 5.75 Å². The Hall–Kier alpha value is -1.81. The van der Waals surface area contributed by atoms with Crippen molar-refractivity contribution in [1.82, 2.24) is 9.78 Å². The van der Waals surface area contributed by atoms with E-state index in [1.165, 1.54) is 0 Å². The Kier molecular flexibility index (Phi) is 4.22. The molecule has 0 fully saturated rings. The van der Waals surface area contributed by atoms with Crippen LogP contribution in [0.4, 0.5) is 0 Å². The molecule has 2 aromatic rings. The summed E-state index contributed by atoms with van der Waals surface area (Å²) in [6.45, 7) is 4.78. The Morgan fingerprint density at radius 3 is 2.47 bits per heavy atom. The average molecular weight is 260 g/mol. The third-order valence-corrected chi connectivity index (χ3v) is 3.39. The van der Waals surface area contributed by atoms with Crippen LogP contribution in [-0.4, -0.2) is 22.0 Å². The van der Waals surface area contributed by atoms with E-state index in [0.717, 1.165) is 34.7 Å². The fourth-order valence-electron chi connectivity index (χ4n) is 2.21. The van der Waals surface area contributed by atoms with Gasteiger partial charge in [-0.2, -0.15) is 5.10 Å². The molecule has 0 aliphatic heterocycles. The second-order valence-corrected chi connectivity index (χ2v) is 4.54. The molecule has 0 aliphatic rings. The van der Waals surface area contributed by atoms with Gasteiger partial charge in [-0.05, 0) is 36.6 Å². The lowest BCUT2D eigenvalue weighted by atomic mass is 10.1. The third kappa shape index (κ3) is 2.79. The van der Waals surface area contributed by atoms with Crippen molar-refractivity contribution >= 4 is 0 Å². The van der Waals surface area contributed by atoms with Crippen LogP contribution in [-0.2, 0) is 19.6 Å². The molecule has 102 valence electrons. The number of hydrogen-bond donors (Lipinski definition) is 1. The van der Waals surface area contributed by atoms with Crippen LogP contribution in [0.3, 0.4) is 0 Å². The Bertz CT molecular complexity index is 544. The lowest BCUT2D eigenvalue weighted by Gasteiger charge is -2.07. The third-order valence-electron chi connectivity index (χ3n) is 3.39. The van der Waals surface area contributed by atoms with Crippen molar-refractivity contribution < 1.29 is 9.84 Å². The minimum atomic E-state index is 0.0228. The van der Waals surface area contributed by atoms with Crippen LogP contribution in [0.5, 0.6) is 5.75 Å². The van der Waals surface area contributed by atoms with Gasteiger partial charge in [0, 0.05) is 0 Å². The first-order valence-electron chi connectivity index (χ1n) is 6.48. The van der Waals surface area contributed by atoms with Crippen LogP contribution in [0.25, 0.3) is 0 Å². The summed E-state index contributed by atoms with van der Waals surface area (Å²) < 4.78 is 7.03. The summed E-state index contributed by atoms with van der Waals surface area (Å²) in [5, 5.41) is 14.0. The normalized spacial score (nSPS) is 10.7. The molecule has 1 N–H and O–H groups in total. The van der Waals surface area contributed by atoms with E-state index >= 15 is 0 Å². The molecule has 1 aromatic carbocycles. The van der Waals surface area contributed by atoms with E-state index in [1.54, 1.807) is 7.11 Å². The van der Waals surface area contributed by atoms with Crippen LogP contribution in [0.15, 0.2) is 24.3 Å². The maximum Gasteiger partial charge on any atom is 0.118 e. The van der Waals surface area contributed by atoms with Crippen LogP contribution in [0.1, 0.15) is 29.4 Å². The summed E-state index contributed by atoms with van der Waals surface area (Å²) in [7, 11) is 1.66. The summed E-state index contributed by atoms with van der Waals surface area (Å²) >= 11 is 0. The molecule has 0 radical (unpaired) electrons. The summed E-state index contributed by atoms with van der Waals surface area (Å²) in [5.74, 6) is 0.844. The fourth-order valence-corrected chi connectivity index (χ4v) is 2.21. The maximum atomic E-state index is 9.49. The maximum absolute atomic E-state index is 9.49. The van der Waals surface area contributed by atoms with Gasteiger partial charge in [0.05, 0.1) is 31.6 Å². The van der Waals surface area contributed by atoms with Crippen LogP contribution in [0, 0.1) is 6.92 Å². The molecule has 0 unspecified atom stereocenters. The molecule has 1 heterocycles. The predicted octanol–water partition coefficient (Wildman–Crippen LogP) is 2.30. The van der Waals surface area contributed by atoms with Gasteiger partial charge >= 0.3 is 0 Å². The number of rotatable bonds is 5. The molecule has 0 spiro atoms. The van der Waals surface area contributed by atoms with E-state index in [1.807, 2.05) is 35.9 Å². The topological polar surface area (TPSA) is 47.3 Å². The molecule has 19 heavy (non-hydrogen) atoms. The van der Waals surface area contributed by atoms with Crippen molar-refractivity contribution in [3.8, 4) is 5.75 Å². The summed E-state index contributed by atoms with van der Waals surface area (Å²) in [6.07, 6.45) is 0.883. The molecule has 0 bridgehead atoms. The van der Waals surface area contributed by atoms with Crippen molar-refractivity contribution in [1.29, 1.82) is 0 Å². The summed E-state index contributed by atoms with van der Waals surface area (Å²) in [4.78, 5) is 0. The monoisotopic (exact) mass is 260 g/mol. The number of nitrogens with zero attached hydrogens (tertiary/aromatic N) is 2. The first-order valence-corrected chi connectivity index (χ1v) is 6.48. The number of aryl methyl sites for hydroxylation is 1. The molecular formula is C15H20N2O2. The molecule has 4 heteroatoms. The van der Waals surface area contributed by atoms with Gasteiger partial charge in [-0.1, -0.05) is 19.1 Å². The number of aromatic nitrogens is 2. The Morgan fingerprint density at radius 2 is 1.95 bits per heavy atom. The van der Waals surface area contributed by atoms with E-state index in [-0.39, 0.29) is 6.61 Å². The van der Waals surface area contributed by atoms with Gasteiger partial charge in [0.15, 0.2) is 0 Å². The zero-order valence-electron chi connectivity index (χ0n) is 11.7. The number of benzene rings is 1. The van der Waals surface area contributed by atoms with Crippen LogP contribution >= 0.6 is 0 Å². The molecule has 0 atom stereocenters. The highest BCUT2D eigenvalue weighted by atomic mass is 16.5. The van der Waals surface area contributed by atoms with Crippen molar-refractivity contribution in [2.24, 2.45) is 0 Å². The predicted molar refractivity (Wildman–Crippen MR) is 74.4 cm³/mol. The zero-order valence-corrected chi connectivity index (χ0v) is 11.7. The van der Waals surface area contributed by atoms with Crippen LogP contribution < -0.4 is 4.74 Å². The number of ether oxygens (including phenoxy) is 1. The van der Waals surface area contributed by atoms with Crippen molar-refractivity contribution in [3.63, 3.8) is 0 Å². The smallest absolute Gasteiger partial charge is 0.118 e. The summed E-state index contributed by atoms with van der Waals surface area (Å²) in [5.41, 5.74) is 4.18. The lowest BCUT2D eigenvalue weighted by molar-refractivity contribution is 0.268. The van der Waals surface area contributed by atoms with Gasteiger partial charge in [0.2, 0.25) is 0 Å². The van der Waals surface area contributed by atoms with Gasteiger partial charge < -0.3 is 9.84 Å². The fraction of sp³-hybridized carbons (Fsp3) is 0.400. The second-order valence-electron chi connectivity index (χ2n) is 4.54. The van der Waals surface area contributed by atoms with E-state index in [4.69, 9.17) is 4.74 Å². The van der Waals surface area contributed by atoms with Crippen LogP contribution in [0.2, 0.25) is 0 Å². The number of aliphatic hydroxyl groups excluding tert-OH is 1.